The summed E-state index contributed by atoms with van der Waals surface area (Å²) in [6, 6.07) is 14.9. The highest BCUT2D eigenvalue weighted by Gasteiger charge is 2.29. The van der Waals surface area contributed by atoms with Crippen molar-refractivity contribution in [3.05, 3.63) is 59.7 Å². The summed E-state index contributed by atoms with van der Waals surface area (Å²) >= 11 is 0. The van der Waals surface area contributed by atoms with Crippen LogP contribution in [0.15, 0.2) is 48.5 Å². The van der Waals surface area contributed by atoms with Crippen molar-refractivity contribution in [3.8, 4) is 11.1 Å². The Morgan fingerprint density at radius 1 is 0.806 bits per heavy atom. The molecule has 1 atom stereocenters. The average Bonchev–Trinajstić information content (AvgIpc) is 3.18. The molecule has 0 aromatic heterocycles. The third kappa shape index (κ3) is 7.05. The number of nitrogens with one attached hydrogen (secondary N) is 4. The Bertz CT molecular complexity index is 1110. The Hall–Kier alpha value is -4.41. The van der Waals surface area contributed by atoms with Gasteiger partial charge in [0.1, 0.15) is 19.2 Å². The monoisotopic (exact) mass is 496 g/mol. The highest BCUT2D eigenvalue weighted by molar-refractivity contribution is 5.91. The van der Waals surface area contributed by atoms with Crippen LogP contribution in [-0.2, 0) is 28.7 Å². The predicted octanol–water partition coefficient (Wildman–Crippen LogP) is 0.783. The summed E-state index contributed by atoms with van der Waals surface area (Å²) in [5.41, 5.74) is 4.36. The quantitative estimate of drug-likeness (QED) is 0.280. The molecule has 1 aliphatic carbocycles. The number of amides is 4. The van der Waals surface area contributed by atoms with Crippen molar-refractivity contribution in [3.63, 3.8) is 0 Å². The standard InChI is InChI=1S/C25H28N4O7/c1-15(24(33)26-11-22(31)28-14-36-16(2)30)29-23(32)12-27-25(34)35-13-21-19-9-5-3-7-17(19)18-8-4-6-10-20(18)21/h3-10,15,21H,11-14H2,1-2H3,(H,26,33)(H,27,34)(H,28,31)(H,29,32). The average molecular weight is 497 g/mol. The molecule has 4 amide bonds. The van der Waals surface area contributed by atoms with Crippen LogP contribution in [0.3, 0.4) is 0 Å². The van der Waals surface area contributed by atoms with Gasteiger partial charge in [-0.05, 0) is 29.2 Å². The van der Waals surface area contributed by atoms with Gasteiger partial charge in [-0.1, -0.05) is 48.5 Å². The van der Waals surface area contributed by atoms with Crippen molar-refractivity contribution in [2.75, 3.05) is 26.4 Å². The van der Waals surface area contributed by atoms with E-state index in [1.165, 1.54) is 13.8 Å². The number of ether oxygens (including phenoxy) is 2. The Morgan fingerprint density at radius 2 is 1.39 bits per heavy atom. The molecule has 0 heterocycles. The van der Waals surface area contributed by atoms with E-state index in [0.29, 0.717) is 0 Å². The van der Waals surface area contributed by atoms with Gasteiger partial charge in [-0.25, -0.2) is 4.79 Å². The molecular weight excluding hydrogens is 468 g/mol. The maximum absolute atomic E-state index is 12.2. The van der Waals surface area contributed by atoms with Crippen molar-refractivity contribution in [1.82, 2.24) is 21.3 Å². The zero-order chi connectivity index (χ0) is 26.1. The number of alkyl carbamates (subject to hydrolysis) is 1. The number of hydrogen-bond acceptors (Lipinski definition) is 7. The molecule has 4 N–H and O–H groups in total. The Morgan fingerprint density at radius 3 is 2.00 bits per heavy atom. The fourth-order valence-electron chi connectivity index (χ4n) is 3.76. The van der Waals surface area contributed by atoms with Gasteiger partial charge in [0, 0.05) is 12.8 Å². The first-order valence-corrected chi connectivity index (χ1v) is 11.3. The van der Waals surface area contributed by atoms with E-state index in [0.717, 1.165) is 22.3 Å². The molecule has 3 rings (SSSR count). The number of esters is 1. The molecule has 0 radical (unpaired) electrons. The molecule has 0 bridgehead atoms. The first-order valence-electron chi connectivity index (χ1n) is 11.3. The minimum atomic E-state index is -0.955. The van der Waals surface area contributed by atoms with Crippen LogP contribution in [0.5, 0.6) is 0 Å². The fourth-order valence-corrected chi connectivity index (χ4v) is 3.76. The van der Waals surface area contributed by atoms with E-state index in [-0.39, 0.29) is 25.8 Å². The first kappa shape index (κ1) is 26.2. The number of fused-ring (bicyclic) bond motifs is 3. The van der Waals surface area contributed by atoms with Crippen LogP contribution in [0.25, 0.3) is 11.1 Å². The first-order chi connectivity index (χ1) is 17.3. The van der Waals surface area contributed by atoms with Crippen LogP contribution in [-0.4, -0.2) is 62.3 Å². The van der Waals surface area contributed by atoms with Crippen LogP contribution in [0.1, 0.15) is 30.9 Å². The topological polar surface area (TPSA) is 152 Å². The highest BCUT2D eigenvalue weighted by Crippen LogP contribution is 2.44. The van der Waals surface area contributed by atoms with E-state index < -0.39 is 42.4 Å². The van der Waals surface area contributed by atoms with Gasteiger partial charge in [0.2, 0.25) is 17.7 Å². The maximum Gasteiger partial charge on any atom is 0.407 e. The van der Waals surface area contributed by atoms with Crippen LogP contribution in [0.2, 0.25) is 0 Å². The van der Waals surface area contributed by atoms with Crippen LogP contribution in [0.4, 0.5) is 4.79 Å². The minimum absolute atomic E-state index is 0.105. The highest BCUT2D eigenvalue weighted by atomic mass is 16.5. The molecule has 2 aromatic rings. The van der Waals surface area contributed by atoms with E-state index in [2.05, 4.69) is 26.0 Å². The van der Waals surface area contributed by atoms with Crippen molar-refractivity contribution >= 4 is 29.8 Å². The molecule has 2 aromatic carbocycles. The van der Waals surface area contributed by atoms with E-state index in [1.54, 1.807) is 0 Å². The molecule has 0 spiro atoms. The van der Waals surface area contributed by atoms with Crippen LogP contribution >= 0.6 is 0 Å². The summed E-state index contributed by atoms with van der Waals surface area (Å²) in [7, 11) is 0. The van der Waals surface area contributed by atoms with Crippen LogP contribution < -0.4 is 21.3 Å². The van der Waals surface area contributed by atoms with Crippen molar-refractivity contribution in [2.45, 2.75) is 25.8 Å². The normalized spacial score (nSPS) is 12.4. The predicted molar refractivity (Wildman–Crippen MR) is 128 cm³/mol. The molecular formula is C25H28N4O7. The molecule has 0 saturated heterocycles. The molecule has 1 aliphatic rings. The zero-order valence-corrected chi connectivity index (χ0v) is 20.0. The lowest BCUT2D eigenvalue weighted by Crippen LogP contribution is -2.49. The van der Waals surface area contributed by atoms with Gasteiger partial charge in [0.05, 0.1) is 6.54 Å². The summed E-state index contributed by atoms with van der Waals surface area (Å²) < 4.78 is 9.93. The maximum atomic E-state index is 12.2. The van der Waals surface area contributed by atoms with Crippen molar-refractivity contribution in [1.29, 1.82) is 0 Å². The number of rotatable bonds is 10. The zero-order valence-electron chi connectivity index (χ0n) is 20.0. The lowest BCUT2D eigenvalue weighted by Gasteiger charge is -2.16. The van der Waals surface area contributed by atoms with Crippen LogP contribution in [0, 0.1) is 0 Å². The SMILES string of the molecule is CC(=O)OCNC(=O)CNC(=O)C(C)NC(=O)CNC(=O)OCC1c2ccccc2-c2ccccc21. The van der Waals surface area contributed by atoms with Crippen molar-refractivity contribution in [2.24, 2.45) is 0 Å². The molecule has 190 valence electrons. The van der Waals surface area contributed by atoms with Gasteiger partial charge in [0.15, 0.2) is 6.73 Å². The summed E-state index contributed by atoms with van der Waals surface area (Å²) in [5, 5.41) is 9.41. The van der Waals surface area contributed by atoms with Crippen molar-refractivity contribution < 1.29 is 33.4 Å². The van der Waals surface area contributed by atoms with E-state index in [1.807, 2.05) is 48.5 Å². The molecule has 11 heteroatoms. The lowest BCUT2D eigenvalue weighted by atomic mass is 9.98. The van der Waals surface area contributed by atoms with E-state index in [9.17, 15) is 24.0 Å². The second-order valence-corrected chi connectivity index (χ2v) is 8.07. The molecule has 0 saturated carbocycles. The van der Waals surface area contributed by atoms with Gasteiger partial charge < -0.3 is 30.7 Å². The van der Waals surface area contributed by atoms with Gasteiger partial charge in [-0.2, -0.15) is 0 Å². The number of carbonyl (C=O) groups is 5. The smallest absolute Gasteiger partial charge is 0.407 e. The summed E-state index contributed by atoms with van der Waals surface area (Å²) in [5.74, 6) is -2.44. The molecule has 0 fully saturated rings. The molecule has 1 unspecified atom stereocenters. The second-order valence-electron chi connectivity index (χ2n) is 8.07. The largest absolute Gasteiger partial charge is 0.449 e. The summed E-state index contributed by atoms with van der Waals surface area (Å²) in [4.78, 5) is 58.6. The van der Waals surface area contributed by atoms with E-state index >= 15 is 0 Å². The number of benzene rings is 2. The third-order valence-electron chi connectivity index (χ3n) is 5.48. The van der Waals surface area contributed by atoms with Gasteiger partial charge >= 0.3 is 12.1 Å². The summed E-state index contributed by atoms with van der Waals surface area (Å²) in [6.45, 7) is 1.67. The number of hydrogen-bond donors (Lipinski definition) is 4. The number of carbonyl (C=O) groups excluding carboxylic acids is 5. The van der Waals surface area contributed by atoms with E-state index in [4.69, 9.17) is 4.74 Å². The Balaban J connectivity index is 1.38. The van der Waals surface area contributed by atoms with Gasteiger partial charge in [-0.15, -0.1) is 0 Å². The fraction of sp³-hybridized carbons (Fsp3) is 0.320. The van der Waals surface area contributed by atoms with Gasteiger partial charge in [-0.3, -0.25) is 19.2 Å². The summed E-state index contributed by atoms with van der Waals surface area (Å²) in [6.07, 6.45) is -0.756. The molecule has 36 heavy (non-hydrogen) atoms. The molecule has 11 nitrogen and oxygen atoms in total. The minimum Gasteiger partial charge on any atom is -0.449 e. The lowest BCUT2D eigenvalue weighted by molar-refractivity contribution is -0.143. The second kappa shape index (κ2) is 12.3. The molecule has 0 aliphatic heterocycles. The Labute approximate surface area is 207 Å². The van der Waals surface area contributed by atoms with Gasteiger partial charge in [0.25, 0.3) is 0 Å². The third-order valence-corrected chi connectivity index (χ3v) is 5.48. The Kier molecular flexibility index (Phi) is 8.98.